The lowest BCUT2D eigenvalue weighted by Crippen LogP contribution is -1.93. The Bertz CT molecular complexity index is 850. The summed E-state index contributed by atoms with van der Waals surface area (Å²) in [6.45, 7) is 0. The zero-order valence-electron chi connectivity index (χ0n) is 10.5. The van der Waals surface area contributed by atoms with Crippen LogP contribution < -0.4 is 5.73 Å². The highest BCUT2D eigenvalue weighted by molar-refractivity contribution is 6.33. The van der Waals surface area contributed by atoms with Crippen LogP contribution in [0.15, 0.2) is 48.5 Å². The van der Waals surface area contributed by atoms with Crippen molar-refractivity contribution in [3.63, 3.8) is 0 Å². The van der Waals surface area contributed by atoms with Gasteiger partial charge in [0.1, 0.15) is 11.8 Å². The summed E-state index contributed by atoms with van der Waals surface area (Å²) >= 11 is 5.93. The Kier molecular flexibility index (Phi) is 3.02. The number of aromatic nitrogens is 1. The van der Waals surface area contributed by atoms with E-state index in [1.54, 1.807) is 12.1 Å². The fourth-order valence-electron chi connectivity index (χ4n) is 2.13. The third-order valence-corrected chi connectivity index (χ3v) is 3.48. The van der Waals surface area contributed by atoms with Crippen LogP contribution in [0.3, 0.4) is 0 Å². The Morgan fingerprint density at radius 2 is 1.90 bits per heavy atom. The molecule has 3 nitrogen and oxygen atoms in total. The fourth-order valence-corrected chi connectivity index (χ4v) is 2.25. The van der Waals surface area contributed by atoms with Gasteiger partial charge in [-0.3, -0.25) is 0 Å². The predicted octanol–water partition coefficient (Wildman–Crippen LogP) is 4.01. The third kappa shape index (κ3) is 2.07. The minimum Gasteiger partial charge on any atom is -0.398 e. The van der Waals surface area contributed by atoms with Crippen LogP contribution in [-0.4, -0.2) is 4.98 Å². The van der Waals surface area contributed by atoms with Gasteiger partial charge in [0.25, 0.3) is 0 Å². The second kappa shape index (κ2) is 4.84. The van der Waals surface area contributed by atoms with Gasteiger partial charge in [-0.2, -0.15) is 5.26 Å². The first-order valence-corrected chi connectivity index (χ1v) is 6.42. The van der Waals surface area contributed by atoms with E-state index in [0.717, 1.165) is 22.0 Å². The maximum Gasteiger partial charge on any atom is 0.149 e. The van der Waals surface area contributed by atoms with Crippen LogP contribution in [0, 0.1) is 11.3 Å². The topological polar surface area (TPSA) is 62.7 Å². The Morgan fingerprint density at radius 3 is 2.65 bits per heavy atom. The Labute approximate surface area is 121 Å². The Morgan fingerprint density at radius 1 is 1.10 bits per heavy atom. The van der Waals surface area contributed by atoms with Crippen molar-refractivity contribution in [2.75, 3.05) is 5.73 Å². The summed E-state index contributed by atoms with van der Waals surface area (Å²) < 4.78 is 0. The van der Waals surface area contributed by atoms with Gasteiger partial charge in [-0.05, 0) is 29.8 Å². The molecule has 0 aliphatic rings. The molecule has 2 aromatic carbocycles. The second-order valence-corrected chi connectivity index (χ2v) is 4.83. The maximum atomic E-state index is 9.29. The quantitative estimate of drug-likeness (QED) is 0.685. The van der Waals surface area contributed by atoms with Crippen LogP contribution in [0.25, 0.3) is 22.0 Å². The Hall–Kier alpha value is -2.57. The SMILES string of the molecule is N#Cc1nc2ccccc2cc1-c1ccc(Cl)c(N)c1. The van der Waals surface area contributed by atoms with Crippen LogP contribution in [-0.2, 0) is 0 Å². The Balaban J connectivity index is 2.29. The monoisotopic (exact) mass is 279 g/mol. The molecule has 1 aromatic heterocycles. The molecule has 0 aliphatic heterocycles. The van der Waals surface area contributed by atoms with Crippen molar-refractivity contribution in [3.8, 4) is 17.2 Å². The van der Waals surface area contributed by atoms with Gasteiger partial charge >= 0.3 is 0 Å². The molecule has 0 unspecified atom stereocenters. The van der Waals surface area contributed by atoms with Crippen molar-refractivity contribution >= 4 is 28.2 Å². The molecule has 1 heterocycles. The molecule has 0 bridgehead atoms. The minimum atomic E-state index is 0.380. The van der Waals surface area contributed by atoms with Crippen LogP contribution in [0.2, 0.25) is 5.02 Å². The van der Waals surface area contributed by atoms with E-state index in [1.807, 2.05) is 36.4 Å². The number of nitrogens with two attached hydrogens (primary N) is 1. The summed E-state index contributed by atoms with van der Waals surface area (Å²) in [6, 6.07) is 17.1. The maximum absolute atomic E-state index is 9.29. The van der Waals surface area contributed by atoms with Crippen LogP contribution >= 0.6 is 11.6 Å². The van der Waals surface area contributed by atoms with Crippen molar-refractivity contribution in [1.82, 2.24) is 4.98 Å². The summed E-state index contributed by atoms with van der Waals surface area (Å²) in [5.41, 5.74) is 9.09. The molecule has 0 spiro atoms. The van der Waals surface area contributed by atoms with Gasteiger partial charge in [0, 0.05) is 10.9 Å². The summed E-state index contributed by atoms with van der Waals surface area (Å²) in [5, 5.41) is 10.8. The standard InChI is InChI=1S/C16H10ClN3/c17-13-6-5-10(8-14(13)19)12-7-11-3-1-2-4-15(11)20-16(12)9-18/h1-8H,19H2. The molecule has 0 atom stereocenters. The number of hydrogen-bond acceptors (Lipinski definition) is 3. The lowest BCUT2D eigenvalue weighted by Gasteiger charge is -2.08. The number of nitriles is 1. The zero-order valence-corrected chi connectivity index (χ0v) is 11.2. The van der Waals surface area contributed by atoms with Gasteiger partial charge in [-0.1, -0.05) is 35.9 Å². The van der Waals surface area contributed by atoms with Gasteiger partial charge in [0.2, 0.25) is 0 Å². The summed E-state index contributed by atoms with van der Waals surface area (Å²) in [6.07, 6.45) is 0. The molecule has 0 aliphatic carbocycles. The number of hydrogen-bond donors (Lipinski definition) is 1. The molecule has 0 saturated heterocycles. The lowest BCUT2D eigenvalue weighted by molar-refractivity contribution is 1.32. The highest BCUT2D eigenvalue weighted by atomic mass is 35.5. The number of halogens is 1. The lowest BCUT2D eigenvalue weighted by atomic mass is 10.0. The van der Waals surface area contributed by atoms with Crippen LogP contribution in [0.5, 0.6) is 0 Å². The van der Waals surface area contributed by atoms with E-state index in [4.69, 9.17) is 17.3 Å². The van der Waals surface area contributed by atoms with E-state index < -0.39 is 0 Å². The van der Waals surface area contributed by atoms with Crippen molar-refractivity contribution in [2.24, 2.45) is 0 Å². The first-order chi connectivity index (χ1) is 9.69. The molecular weight excluding hydrogens is 270 g/mol. The van der Waals surface area contributed by atoms with Crippen LogP contribution in [0.4, 0.5) is 5.69 Å². The predicted molar refractivity (Wildman–Crippen MR) is 81.3 cm³/mol. The van der Waals surface area contributed by atoms with Crippen molar-refractivity contribution in [2.45, 2.75) is 0 Å². The number of pyridine rings is 1. The van der Waals surface area contributed by atoms with Gasteiger partial charge in [0.05, 0.1) is 16.2 Å². The highest BCUT2D eigenvalue weighted by Crippen LogP contribution is 2.30. The van der Waals surface area contributed by atoms with E-state index in [1.165, 1.54) is 0 Å². The van der Waals surface area contributed by atoms with E-state index in [-0.39, 0.29) is 0 Å². The van der Waals surface area contributed by atoms with E-state index in [0.29, 0.717) is 16.4 Å². The number of fused-ring (bicyclic) bond motifs is 1. The molecule has 0 radical (unpaired) electrons. The first-order valence-electron chi connectivity index (χ1n) is 6.04. The number of nitrogen functional groups attached to an aromatic ring is 1. The molecule has 4 heteroatoms. The molecule has 0 fully saturated rings. The largest absolute Gasteiger partial charge is 0.398 e. The molecule has 96 valence electrons. The van der Waals surface area contributed by atoms with Gasteiger partial charge in [0.15, 0.2) is 0 Å². The van der Waals surface area contributed by atoms with Crippen molar-refractivity contribution < 1.29 is 0 Å². The average Bonchev–Trinajstić information content (AvgIpc) is 2.48. The number of para-hydroxylation sites is 1. The number of nitrogens with zero attached hydrogens (tertiary/aromatic N) is 2. The van der Waals surface area contributed by atoms with Crippen molar-refractivity contribution in [1.29, 1.82) is 5.26 Å². The van der Waals surface area contributed by atoms with Crippen molar-refractivity contribution in [3.05, 3.63) is 59.2 Å². The smallest absolute Gasteiger partial charge is 0.149 e. The summed E-state index contributed by atoms with van der Waals surface area (Å²) in [4.78, 5) is 4.39. The molecule has 0 amide bonds. The second-order valence-electron chi connectivity index (χ2n) is 4.43. The van der Waals surface area contributed by atoms with Crippen LogP contribution in [0.1, 0.15) is 5.69 Å². The third-order valence-electron chi connectivity index (χ3n) is 3.14. The van der Waals surface area contributed by atoms with Gasteiger partial charge < -0.3 is 5.73 Å². The van der Waals surface area contributed by atoms with Gasteiger partial charge in [-0.15, -0.1) is 0 Å². The molecule has 0 saturated carbocycles. The zero-order chi connectivity index (χ0) is 14.1. The first kappa shape index (κ1) is 12.5. The summed E-state index contributed by atoms with van der Waals surface area (Å²) in [5.74, 6) is 0. The highest BCUT2D eigenvalue weighted by Gasteiger charge is 2.10. The molecule has 2 N–H and O–H groups in total. The molecule has 3 rings (SSSR count). The van der Waals surface area contributed by atoms with Gasteiger partial charge in [-0.25, -0.2) is 4.98 Å². The molecule has 20 heavy (non-hydrogen) atoms. The number of benzene rings is 2. The molecular formula is C16H10ClN3. The molecule has 3 aromatic rings. The van der Waals surface area contributed by atoms with E-state index in [9.17, 15) is 5.26 Å². The van der Waals surface area contributed by atoms with E-state index in [2.05, 4.69) is 11.1 Å². The number of rotatable bonds is 1. The summed E-state index contributed by atoms with van der Waals surface area (Å²) in [7, 11) is 0. The average molecular weight is 280 g/mol. The fraction of sp³-hybridized carbons (Fsp3) is 0. The normalized spacial score (nSPS) is 10.4. The minimum absolute atomic E-state index is 0.380. The van der Waals surface area contributed by atoms with E-state index >= 15 is 0 Å². The number of anilines is 1.